The number of hydrogen-bond acceptors (Lipinski definition) is 3. The minimum Gasteiger partial charge on any atom is -0.398 e. The highest BCUT2D eigenvalue weighted by molar-refractivity contribution is 9.10. The minimum atomic E-state index is -0.128. The van der Waals surface area contributed by atoms with Crippen molar-refractivity contribution < 1.29 is 0 Å². The number of anilines is 1. The molecule has 0 aromatic heterocycles. The van der Waals surface area contributed by atoms with E-state index >= 15 is 0 Å². The van der Waals surface area contributed by atoms with E-state index in [1.54, 1.807) is 0 Å². The first kappa shape index (κ1) is 16.0. The van der Waals surface area contributed by atoms with Crippen LogP contribution in [-0.4, -0.2) is 0 Å². The van der Waals surface area contributed by atoms with Gasteiger partial charge in [0.1, 0.15) is 0 Å². The lowest BCUT2D eigenvalue weighted by Gasteiger charge is -2.22. The molecule has 3 nitrogen and oxygen atoms in total. The number of halogens is 1. The van der Waals surface area contributed by atoms with E-state index in [0.29, 0.717) is 0 Å². The maximum absolute atomic E-state index is 6.09. The smallest absolute Gasteiger partial charge is 0.0730 e. The molecule has 0 fully saturated rings. The second-order valence-corrected chi connectivity index (χ2v) is 7.16. The number of nitrogens with two attached hydrogens (primary N) is 2. The lowest BCUT2D eigenvalue weighted by atomic mass is 9.85. The summed E-state index contributed by atoms with van der Waals surface area (Å²) in [7, 11) is 0. The molecular weight excluding hydrogens is 326 g/mol. The molecular formula is C17H22BrN3. The molecule has 0 saturated carbocycles. The van der Waals surface area contributed by atoms with Gasteiger partial charge in [-0.1, -0.05) is 61.0 Å². The van der Waals surface area contributed by atoms with Gasteiger partial charge >= 0.3 is 0 Å². The van der Waals surface area contributed by atoms with Crippen LogP contribution in [-0.2, 0) is 5.41 Å². The van der Waals surface area contributed by atoms with Gasteiger partial charge < -0.3 is 5.73 Å². The Hall–Kier alpha value is -1.36. The van der Waals surface area contributed by atoms with Gasteiger partial charge in [-0.3, -0.25) is 5.84 Å². The van der Waals surface area contributed by atoms with Gasteiger partial charge in [-0.2, -0.15) is 0 Å². The second-order valence-electron chi connectivity index (χ2n) is 6.24. The molecule has 0 heterocycles. The van der Waals surface area contributed by atoms with Crippen molar-refractivity contribution in [1.29, 1.82) is 0 Å². The summed E-state index contributed by atoms with van der Waals surface area (Å²) < 4.78 is 0.985. The lowest BCUT2D eigenvalue weighted by molar-refractivity contribution is 0.588. The third kappa shape index (κ3) is 3.64. The van der Waals surface area contributed by atoms with Crippen LogP contribution in [0.1, 0.15) is 43.5 Å². The Kier molecular flexibility index (Phi) is 4.71. The molecule has 2 aromatic rings. The summed E-state index contributed by atoms with van der Waals surface area (Å²) in [6.45, 7) is 6.60. The van der Waals surface area contributed by atoms with Crippen molar-refractivity contribution in [3.05, 3.63) is 63.6 Å². The van der Waals surface area contributed by atoms with Crippen molar-refractivity contribution in [2.75, 3.05) is 5.73 Å². The molecule has 0 bridgehead atoms. The average molecular weight is 348 g/mol. The molecule has 0 saturated heterocycles. The maximum atomic E-state index is 6.09. The molecule has 0 aliphatic heterocycles. The van der Waals surface area contributed by atoms with E-state index in [4.69, 9.17) is 11.6 Å². The molecule has 0 aliphatic rings. The lowest BCUT2D eigenvalue weighted by Crippen LogP contribution is -2.29. The van der Waals surface area contributed by atoms with Crippen molar-refractivity contribution in [3.63, 3.8) is 0 Å². The number of benzene rings is 2. The van der Waals surface area contributed by atoms with Crippen LogP contribution in [0.15, 0.2) is 46.9 Å². The van der Waals surface area contributed by atoms with Crippen LogP contribution >= 0.6 is 15.9 Å². The van der Waals surface area contributed by atoms with E-state index in [2.05, 4.69) is 66.4 Å². The average Bonchev–Trinajstić information content (AvgIpc) is 2.43. The summed E-state index contributed by atoms with van der Waals surface area (Å²) in [4.78, 5) is 0. The van der Waals surface area contributed by atoms with Crippen LogP contribution in [0.3, 0.4) is 0 Å². The van der Waals surface area contributed by atoms with Crippen LogP contribution in [0.2, 0.25) is 0 Å². The first-order valence-corrected chi connectivity index (χ1v) is 7.73. The largest absolute Gasteiger partial charge is 0.398 e. The molecule has 4 heteroatoms. The molecule has 112 valence electrons. The molecule has 1 atom stereocenters. The Labute approximate surface area is 134 Å². The van der Waals surface area contributed by atoms with Gasteiger partial charge in [-0.25, -0.2) is 5.43 Å². The Morgan fingerprint density at radius 1 is 1.05 bits per heavy atom. The van der Waals surface area contributed by atoms with Crippen LogP contribution < -0.4 is 17.0 Å². The molecule has 0 spiro atoms. The Morgan fingerprint density at radius 3 is 2.19 bits per heavy atom. The Bertz CT molecular complexity index is 615. The van der Waals surface area contributed by atoms with Crippen LogP contribution in [0.4, 0.5) is 5.69 Å². The molecule has 1 unspecified atom stereocenters. The predicted molar refractivity (Wildman–Crippen MR) is 92.9 cm³/mol. The molecule has 21 heavy (non-hydrogen) atoms. The molecule has 5 N–H and O–H groups in total. The summed E-state index contributed by atoms with van der Waals surface area (Å²) in [5.41, 5.74) is 13.2. The summed E-state index contributed by atoms with van der Waals surface area (Å²) in [6, 6.07) is 14.2. The highest BCUT2D eigenvalue weighted by Crippen LogP contribution is 2.30. The molecule has 0 radical (unpaired) electrons. The zero-order valence-corrected chi connectivity index (χ0v) is 14.2. The maximum Gasteiger partial charge on any atom is 0.0730 e. The standard InChI is InChI=1S/C17H22BrN3/c1-17(2,3)12-6-4-11(5-7-12)16(21-20)14-10-13(18)8-9-15(14)19/h4-10,16,21H,19-20H2,1-3H3. The highest BCUT2D eigenvalue weighted by Gasteiger charge is 2.18. The summed E-state index contributed by atoms with van der Waals surface area (Å²) >= 11 is 3.48. The predicted octanol–water partition coefficient (Wildman–Crippen LogP) is 3.88. The summed E-state index contributed by atoms with van der Waals surface area (Å²) in [6.07, 6.45) is 0. The van der Waals surface area contributed by atoms with Crippen LogP contribution in [0.25, 0.3) is 0 Å². The number of nitrogens with one attached hydrogen (secondary N) is 1. The fourth-order valence-corrected chi connectivity index (χ4v) is 2.72. The molecule has 0 aliphatic carbocycles. The van der Waals surface area contributed by atoms with E-state index in [1.165, 1.54) is 5.56 Å². The fourth-order valence-electron chi connectivity index (χ4n) is 2.34. The van der Waals surface area contributed by atoms with Crippen molar-refractivity contribution in [3.8, 4) is 0 Å². The molecule has 2 aromatic carbocycles. The summed E-state index contributed by atoms with van der Waals surface area (Å²) in [5, 5.41) is 0. The first-order valence-electron chi connectivity index (χ1n) is 6.94. The number of hydrazine groups is 1. The van der Waals surface area contributed by atoms with Gasteiger partial charge in [0.2, 0.25) is 0 Å². The zero-order chi connectivity index (χ0) is 15.6. The minimum absolute atomic E-state index is 0.128. The summed E-state index contributed by atoms with van der Waals surface area (Å²) in [5.74, 6) is 5.76. The third-order valence-corrected chi connectivity index (χ3v) is 4.13. The van der Waals surface area contributed by atoms with Gasteiger partial charge in [0, 0.05) is 10.2 Å². The molecule has 2 rings (SSSR count). The first-order chi connectivity index (χ1) is 9.82. The van der Waals surface area contributed by atoms with E-state index in [-0.39, 0.29) is 11.5 Å². The third-order valence-electron chi connectivity index (χ3n) is 3.64. The number of rotatable bonds is 3. The quantitative estimate of drug-likeness (QED) is 0.448. The van der Waals surface area contributed by atoms with Gasteiger partial charge in [0.05, 0.1) is 6.04 Å². The van der Waals surface area contributed by atoms with Crippen LogP contribution in [0, 0.1) is 0 Å². The topological polar surface area (TPSA) is 64.1 Å². The van der Waals surface area contributed by atoms with E-state index < -0.39 is 0 Å². The van der Waals surface area contributed by atoms with Gasteiger partial charge in [-0.05, 0) is 40.3 Å². The normalized spacial score (nSPS) is 13.2. The van der Waals surface area contributed by atoms with E-state index in [9.17, 15) is 0 Å². The Balaban J connectivity index is 2.40. The number of hydrogen-bond donors (Lipinski definition) is 3. The van der Waals surface area contributed by atoms with Crippen molar-refractivity contribution in [2.24, 2.45) is 5.84 Å². The van der Waals surface area contributed by atoms with Crippen LogP contribution in [0.5, 0.6) is 0 Å². The van der Waals surface area contributed by atoms with Crippen molar-refractivity contribution >= 4 is 21.6 Å². The monoisotopic (exact) mass is 347 g/mol. The van der Waals surface area contributed by atoms with Gasteiger partial charge in [0.25, 0.3) is 0 Å². The Morgan fingerprint density at radius 2 is 1.67 bits per heavy atom. The van der Waals surface area contributed by atoms with Crippen molar-refractivity contribution in [1.82, 2.24) is 5.43 Å². The second kappa shape index (κ2) is 6.18. The van der Waals surface area contributed by atoms with E-state index in [1.807, 2.05) is 18.2 Å². The molecule has 0 amide bonds. The highest BCUT2D eigenvalue weighted by atomic mass is 79.9. The fraction of sp³-hybridized carbons (Fsp3) is 0.294. The SMILES string of the molecule is CC(C)(C)c1ccc(C(NN)c2cc(Br)ccc2N)cc1. The van der Waals surface area contributed by atoms with Gasteiger partial charge in [-0.15, -0.1) is 0 Å². The van der Waals surface area contributed by atoms with E-state index in [0.717, 1.165) is 21.3 Å². The number of nitrogen functional groups attached to an aromatic ring is 1. The van der Waals surface area contributed by atoms with Gasteiger partial charge in [0.15, 0.2) is 0 Å². The zero-order valence-electron chi connectivity index (χ0n) is 12.7. The van der Waals surface area contributed by atoms with Crippen molar-refractivity contribution in [2.45, 2.75) is 32.2 Å².